The first-order valence-corrected chi connectivity index (χ1v) is 8.71. The van der Waals surface area contributed by atoms with Gasteiger partial charge in [0.25, 0.3) is 5.78 Å². The molecule has 0 amide bonds. The van der Waals surface area contributed by atoms with E-state index in [0.29, 0.717) is 12.3 Å². The van der Waals surface area contributed by atoms with Gasteiger partial charge in [-0.05, 0) is 19.8 Å². The van der Waals surface area contributed by atoms with E-state index in [2.05, 4.69) is 24.7 Å². The molecule has 1 fully saturated rings. The molecule has 1 unspecified atom stereocenters. The monoisotopic (exact) mass is 310 g/mol. The molecule has 2 aromatic rings. The second-order valence-corrected chi connectivity index (χ2v) is 7.18. The molecule has 0 aliphatic carbocycles. The molecule has 2 aromatic heterocycles. The molecule has 3 rings (SSSR count). The first kappa shape index (κ1) is 14.2. The Bertz CT molecular complexity index is 756. The van der Waals surface area contributed by atoms with Gasteiger partial charge in [-0.25, -0.2) is 18.1 Å². The first-order valence-electron chi connectivity index (χ1n) is 6.82. The van der Waals surface area contributed by atoms with Crippen molar-refractivity contribution in [1.29, 1.82) is 0 Å². The summed E-state index contributed by atoms with van der Waals surface area (Å²) in [7, 11) is -3.19. The maximum atomic E-state index is 11.4. The van der Waals surface area contributed by atoms with Crippen LogP contribution < -0.4 is 9.62 Å². The summed E-state index contributed by atoms with van der Waals surface area (Å²) in [5.74, 6) is 1.46. The lowest BCUT2D eigenvalue weighted by molar-refractivity contribution is 0.463. The number of piperidine rings is 1. The summed E-state index contributed by atoms with van der Waals surface area (Å²) in [5, 5.41) is 4.20. The lowest BCUT2D eigenvalue weighted by atomic mass is 10.1. The highest BCUT2D eigenvalue weighted by molar-refractivity contribution is 7.88. The number of aromatic nitrogens is 4. The van der Waals surface area contributed by atoms with Gasteiger partial charge in [0.2, 0.25) is 10.0 Å². The number of aryl methyl sites for hydroxylation is 1. The zero-order chi connectivity index (χ0) is 15.0. The van der Waals surface area contributed by atoms with Crippen molar-refractivity contribution in [2.24, 2.45) is 0 Å². The minimum atomic E-state index is -3.19. The number of nitrogens with one attached hydrogen (secondary N) is 1. The van der Waals surface area contributed by atoms with Crippen LogP contribution in [-0.2, 0) is 10.0 Å². The van der Waals surface area contributed by atoms with Crippen molar-refractivity contribution in [3.8, 4) is 0 Å². The van der Waals surface area contributed by atoms with Crippen molar-refractivity contribution in [2.45, 2.75) is 25.8 Å². The average molecular weight is 310 g/mol. The highest BCUT2D eigenvalue weighted by atomic mass is 32.2. The maximum absolute atomic E-state index is 11.4. The standard InChI is InChI=1S/C12H18N6O2S/c1-9-6-11(18-12(15-9)13-8-14-18)17-5-3-4-10(7-17)16-21(2,19)20/h6,8,10,16H,3-5,7H2,1-2H3. The molecule has 9 heteroatoms. The highest BCUT2D eigenvalue weighted by Crippen LogP contribution is 2.21. The zero-order valence-corrected chi connectivity index (χ0v) is 12.8. The summed E-state index contributed by atoms with van der Waals surface area (Å²) in [6.07, 6.45) is 4.43. The second-order valence-electron chi connectivity index (χ2n) is 5.40. The van der Waals surface area contributed by atoms with Crippen LogP contribution in [0.3, 0.4) is 0 Å². The summed E-state index contributed by atoms with van der Waals surface area (Å²) in [6.45, 7) is 3.39. The van der Waals surface area contributed by atoms with Crippen LogP contribution in [0.4, 0.5) is 5.82 Å². The SMILES string of the molecule is Cc1cc(N2CCCC(NS(C)(=O)=O)C2)n2ncnc2n1. The maximum Gasteiger partial charge on any atom is 0.254 e. The summed E-state index contributed by atoms with van der Waals surface area (Å²) in [6, 6.07) is 1.87. The molecule has 1 aliphatic heterocycles. The highest BCUT2D eigenvalue weighted by Gasteiger charge is 2.24. The van der Waals surface area contributed by atoms with Crippen LogP contribution in [0.1, 0.15) is 18.5 Å². The summed E-state index contributed by atoms with van der Waals surface area (Å²) >= 11 is 0. The molecule has 0 aromatic carbocycles. The van der Waals surface area contributed by atoms with Crippen molar-refractivity contribution in [3.63, 3.8) is 0 Å². The lowest BCUT2D eigenvalue weighted by Gasteiger charge is -2.34. The summed E-state index contributed by atoms with van der Waals surface area (Å²) in [4.78, 5) is 10.6. The summed E-state index contributed by atoms with van der Waals surface area (Å²) < 4.78 is 27.2. The van der Waals surface area contributed by atoms with E-state index < -0.39 is 10.0 Å². The van der Waals surface area contributed by atoms with Crippen LogP contribution in [0, 0.1) is 6.92 Å². The number of hydrogen-bond acceptors (Lipinski definition) is 6. The number of fused-ring (bicyclic) bond motifs is 1. The summed E-state index contributed by atoms with van der Waals surface area (Å²) in [5.41, 5.74) is 0.865. The van der Waals surface area contributed by atoms with Gasteiger partial charge >= 0.3 is 0 Å². The number of nitrogens with zero attached hydrogens (tertiary/aromatic N) is 5. The van der Waals surface area contributed by atoms with Crippen molar-refractivity contribution >= 4 is 21.6 Å². The van der Waals surface area contributed by atoms with Crippen molar-refractivity contribution in [2.75, 3.05) is 24.2 Å². The van der Waals surface area contributed by atoms with Gasteiger partial charge in [0.1, 0.15) is 12.1 Å². The molecule has 8 nitrogen and oxygen atoms in total. The quantitative estimate of drug-likeness (QED) is 0.854. The van der Waals surface area contributed by atoms with E-state index >= 15 is 0 Å². The van der Waals surface area contributed by atoms with E-state index in [1.165, 1.54) is 12.6 Å². The molecular weight excluding hydrogens is 292 g/mol. The van der Waals surface area contributed by atoms with Crippen LogP contribution in [-0.4, -0.2) is 53.4 Å². The minimum absolute atomic E-state index is 0.0826. The van der Waals surface area contributed by atoms with Crippen LogP contribution in [0.2, 0.25) is 0 Å². The van der Waals surface area contributed by atoms with E-state index in [0.717, 1.165) is 30.9 Å². The molecule has 0 bridgehead atoms. The predicted molar refractivity (Wildman–Crippen MR) is 78.7 cm³/mol. The predicted octanol–water partition coefficient (Wildman–Crippen LogP) is -0.0493. The number of anilines is 1. The third kappa shape index (κ3) is 3.13. The van der Waals surface area contributed by atoms with Gasteiger partial charge in [-0.3, -0.25) is 0 Å². The fourth-order valence-corrected chi connectivity index (χ4v) is 3.52. The van der Waals surface area contributed by atoms with E-state index in [-0.39, 0.29) is 6.04 Å². The Morgan fingerprint density at radius 2 is 2.24 bits per heavy atom. The topological polar surface area (TPSA) is 92.5 Å². The smallest absolute Gasteiger partial charge is 0.254 e. The van der Waals surface area contributed by atoms with Gasteiger partial charge in [0, 0.05) is 30.9 Å². The Morgan fingerprint density at radius 3 is 3.00 bits per heavy atom. The lowest BCUT2D eigenvalue weighted by Crippen LogP contribution is -2.48. The van der Waals surface area contributed by atoms with Gasteiger partial charge in [0.15, 0.2) is 0 Å². The molecule has 0 radical (unpaired) electrons. The number of rotatable bonds is 3. The minimum Gasteiger partial charge on any atom is -0.355 e. The molecule has 1 atom stereocenters. The molecule has 21 heavy (non-hydrogen) atoms. The van der Waals surface area contributed by atoms with Crippen LogP contribution in [0.15, 0.2) is 12.4 Å². The number of sulfonamides is 1. The van der Waals surface area contributed by atoms with Gasteiger partial charge in [-0.15, -0.1) is 0 Å². The molecule has 0 saturated carbocycles. The molecule has 1 N–H and O–H groups in total. The normalized spacial score (nSPS) is 20.1. The molecule has 1 saturated heterocycles. The Kier molecular flexibility index (Phi) is 3.54. The fraction of sp³-hybridized carbons (Fsp3) is 0.583. The van der Waals surface area contributed by atoms with Gasteiger partial charge in [-0.2, -0.15) is 14.6 Å². The molecule has 0 spiro atoms. The Balaban J connectivity index is 1.90. The van der Waals surface area contributed by atoms with E-state index in [1.807, 2.05) is 13.0 Å². The average Bonchev–Trinajstić information content (AvgIpc) is 2.84. The van der Waals surface area contributed by atoms with Crippen molar-refractivity contribution in [3.05, 3.63) is 18.1 Å². The Morgan fingerprint density at radius 1 is 1.43 bits per heavy atom. The third-order valence-corrected chi connectivity index (χ3v) is 4.25. The van der Waals surface area contributed by atoms with E-state index in [1.54, 1.807) is 4.52 Å². The first-order chi connectivity index (χ1) is 9.92. The van der Waals surface area contributed by atoms with Crippen LogP contribution in [0.5, 0.6) is 0 Å². The molecular formula is C12H18N6O2S. The zero-order valence-electron chi connectivity index (χ0n) is 12.0. The fourth-order valence-electron chi connectivity index (χ4n) is 2.72. The van der Waals surface area contributed by atoms with E-state index in [9.17, 15) is 8.42 Å². The molecule has 114 valence electrons. The van der Waals surface area contributed by atoms with Gasteiger partial charge in [0.05, 0.1) is 6.26 Å². The Labute approximate surface area is 123 Å². The Hall–Kier alpha value is -1.74. The second kappa shape index (κ2) is 5.23. The molecule has 1 aliphatic rings. The van der Waals surface area contributed by atoms with Gasteiger partial charge in [-0.1, -0.05) is 0 Å². The third-order valence-electron chi connectivity index (χ3n) is 3.49. The van der Waals surface area contributed by atoms with Crippen LogP contribution >= 0.6 is 0 Å². The molecule has 3 heterocycles. The largest absolute Gasteiger partial charge is 0.355 e. The van der Waals surface area contributed by atoms with E-state index in [4.69, 9.17) is 0 Å². The number of hydrogen-bond donors (Lipinski definition) is 1. The van der Waals surface area contributed by atoms with Gasteiger partial charge < -0.3 is 4.90 Å². The van der Waals surface area contributed by atoms with Crippen molar-refractivity contribution < 1.29 is 8.42 Å². The van der Waals surface area contributed by atoms with Crippen LogP contribution in [0.25, 0.3) is 5.78 Å². The van der Waals surface area contributed by atoms with Crippen molar-refractivity contribution in [1.82, 2.24) is 24.3 Å².